The maximum Gasteiger partial charge on any atom is 0.395 e. The Morgan fingerprint density at radius 2 is 2.07 bits per heavy atom. The molecule has 0 aromatic heterocycles. The fraction of sp³-hybridized carbons (Fsp3) is 0.529. The molecule has 0 bridgehead atoms. The lowest BCUT2D eigenvalue weighted by Gasteiger charge is -2.35. The van der Waals surface area contributed by atoms with E-state index in [0.717, 1.165) is 37.1 Å². The van der Waals surface area contributed by atoms with Crippen molar-refractivity contribution in [3.8, 4) is 0 Å². The summed E-state index contributed by atoms with van der Waals surface area (Å²) in [5, 5.41) is 0.908. The van der Waals surface area contributed by atoms with Crippen molar-refractivity contribution in [3.05, 3.63) is 29.0 Å². The first-order valence-corrected chi connectivity index (χ1v) is 9.86. The maximum absolute atomic E-state index is 13.4. The molecule has 1 N–H and O–H groups in total. The second-order valence-corrected chi connectivity index (χ2v) is 7.59. The third kappa shape index (κ3) is 5.71. The number of cyclic esters (lactones) is 2. The summed E-state index contributed by atoms with van der Waals surface area (Å²) in [7, 11) is 0. The van der Waals surface area contributed by atoms with Crippen molar-refractivity contribution in [2.24, 2.45) is 0 Å². The van der Waals surface area contributed by atoms with E-state index >= 15 is 0 Å². The van der Waals surface area contributed by atoms with E-state index in [4.69, 9.17) is 30.5 Å². The van der Waals surface area contributed by atoms with E-state index in [1.165, 1.54) is 12.1 Å². The van der Waals surface area contributed by atoms with Gasteiger partial charge in [0.2, 0.25) is 0 Å². The number of thioether (sulfide) groups is 1. The second kappa shape index (κ2) is 9.09. The van der Waals surface area contributed by atoms with Crippen LogP contribution in [0.4, 0.5) is 10.1 Å². The lowest BCUT2D eigenvalue weighted by molar-refractivity contribution is -0.206. The Bertz CT molecular complexity index is 684. The van der Waals surface area contributed by atoms with Gasteiger partial charge in [0.1, 0.15) is 12.2 Å². The normalized spacial score (nSPS) is 22.1. The fourth-order valence-electron chi connectivity index (χ4n) is 2.61. The van der Waals surface area contributed by atoms with Gasteiger partial charge < -0.3 is 24.3 Å². The van der Waals surface area contributed by atoms with Gasteiger partial charge in [-0.25, -0.2) is 4.39 Å². The quantitative estimate of drug-likeness (QED) is 0.312. The zero-order chi connectivity index (χ0) is 19.3. The number of halogens is 2. The lowest BCUT2D eigenvalue weighted by Crippen LogP contribution is -2.49. The third-order valence-electron chi connectivity index (χ3n) is 3.82. The first kappa shape index (κ1) is 20.2. The van der Waals surface area contributed by atoms with Crippen molar-refractivity contribution in [2.45, 2.75) is 37.2 Å². The van der Waals surface area contributed by atoms with Crippen LogP contribution >= 0.6 is 23.4 Å². The zero-order valence-electron chi connectivity index (χ0n) is 14.4. The number of carbonyl (C=O) groups is 2. The number of rotatable bonds is 7. The van der Waals surface area contributed by atoms with Gasteiger partial charge in [-0.1, -0.05) is 11.6 Å². The number of hydrogen-bond donors (Lipinski definition) is 1. The Morgan fingerprint density at radius 3 is 2.74 bits per heavy atom. The highest BCUT2D eigenvalue weighted by Crippen LogP contribution is 2.35. The first-order valence-electron chi connectivity index (χ1n) is 8.50. The molecule has 3 rings (SSSR count). The molecule has 7 nitrogen and oxygen atoms in total. The van der Waals surface area contributed by atoms with Crippen LogP contribution < -0.4 is 5.32 Å². The second-order valence-electron chi connectivity index (χ2n) is 5.95. The molecule has 1 aromatic rings. The van der Waals surface area contributed by atoms with Gasteiger partial charge >= 0.3 is 17.2 Å². The van der Waals surface area contributed by atoms with Gasteiger partial charge in [0.15, 0.2) is 6.29 Å². The smallest absolute Gasteiger partial charge is 0.394 e. The molecule has 0 radical (unpaired) electrons. The number of carbonyl (C=O) groups excluding carboxylic acids is 2. The Hall–Kier alpha value is -1.55. The summed E-state index contributed by atoms with van der Waals surface area (Å²) in [6.45, 7) is 0.974. The number of anilines is 1. The van der Waals surface area contributed by atoms with Crippen LogP contribution in [0.15, 0.2) is 18.2 Å². The summed E-state index contributed by atoms with van der Waals surface area (Å²) < 4.78 is 35.0. The summed E-state index contributed by atoms with van der Waals surface area (Å²) >= 11 is 6.81. The standard InChI is InChI=1S/C17H19ClFNO6S/c18-12-9-11(4-5-13(12)19)20-17(25-14(21)10-15(22)26-17)27-8-7-24-16-3-1-2-6-23-16/h4-5,9,16,20H,1-3,6-8,10H2. The SMILES string of the molecule is O=C1CC(=O)OC(Nc2ccc(F)c(Cl)c2)(SCCOC2CCCCO2)O1. The number of benzene rings is 1. The molecule has 0 aliphatic carbocycles. The molecule has 10 heteroatoms. The average molecular weight is 420 g/mol. The van der Waals surface area contributed by atoms with Crippen LogP contribution in [-0.4, -0.2) is 42.4 Å². The van der Waals surface area contributed by atoms with Crippen molar-refractivity contribution in [3.63, 3.8) is 0 Å². The van der Waals surface area contributed by atoms with Crippen LogP contribution in [-0.2, 0) is 28.5 Å². The molecule has 2 fully saturated rings. The average Bonchev–Trinajstić information content (AvgIpc) is 2.62. The van der Waals surface area contributed by atoms with Crippen molar-refractivity contribution in [1.82, 2.24) is 0 Å². The minimum atomic E-state index is -1.77. The summed E-state index contributed by atoms with van der Waals surface area (Å²) in [5.41, 5.74) is 0.327. The molecule has 0 spiro atoms. The number of esters is 2. The Morgan fingerprint density at radius 1 is 1.30 bits per heavy atom. The van der Waals surface area contributed by atoms with Gasteiger partial charge in [0.25, 0.3) is 0 Å². The molecule has 0 saturated carbocycles. The molecule has 1 unspecified atom stereocenters. The van der Waals surface area contributed by atoms with Crippen molar-refractivity contribution in [1.29, 1.82) is 0 Å². The summed E-state index contributed by atoms with van der Waals surface area (Å²) in [6.07, 6.45) is 2.17. The fourth-order valence-corrected chi connectivity index (χ4v) is 3.73. The van der Waals surface area contributed by atoms with E-state index < -0.39 is 29.4 Å². The maximum atomic E-state index is 13.4. The molecule has 1 aromatic carbocycles. The van der Waals surface area contributed by atoms with Crippen LogP contribution in [0, 0.1) is 5.82 Å². The largest absolute Gasteiger partial charge is 0.395 e. The van der Waals surface area contributed by atoms with Crippen molar-refractivity contribution < 1.29 is 32.9 Å². The molecule has 27 heavy (non-hydrogen) atoms. The molecule has 2 aliphatic heterocycles. The van der Waals surface area contributed by atoms with Gasteiger partial charge in [0, 0.05) is 18.0 Å². The highest BCUT2D eigenvalue weighted by atomic mass is 35.5. The van der Waals surface area contributed by atoms with E-state index in [0.29, 0.717) is 24.7 Å². The predicted octanol–water partition coefficient (Wildman–Crippen LogP) is 3.27. The highest BCUT2D eigenvalue weighted by molar-refractivity contribution is 8.00. The highest BCUT2D eigenvalue weighted by Gasteiger charge is 2.44. The minimum absolute atomic E-state index is 0.119. The van der Waals surface area contributed by atoms with Crippen molar-refractivity contribution in [2.75, 3.05) is 24.3 Å². The van der Waals surface area contributed by atoms with Crippen LogP contribution in [0.2, 0.25) is 5.02 Å². The van der Waals surface area contributed by atoms with E-state index in [2.05, 4.69) is 5.32 Å². The Balaban J connectivity index is 1.63. The Kier molecular flexibility index (Phi) is 6.80. The summed E-state index contributed by atoms with van der Waals surface area (Å²) in [4.78, 5) is 23.5. The van der Waals surface area contributed by atoms with E-state index in [-0.39, 0.29) is 11.3 Å². The number of ether oxygens (including phenoxy) is 4. The lowest BCUT2D eigenvalue weighted by atomic mass is 10.2. The number of hydrogen-bond acceptors (Lipinski definition) is 8. The molecule has 1 atom stereocenters. The molecule has 148 valence electrons. The van der Waals surface area contributed by atoms with Gasteiger partial charge in [-0.15, -0.1) is 0 Å². The molecular weight excluding hydrogens is 401 g/mol. The molecule has 2 heterocycles. The van der Waals surface area contributed by atoms with E-state index in [1.807, 2.05) is 0 Å². The van der Waals surface area contributed by atoms with Gasteiger partial charge in [0.05, 0.1) is 11.6 Å². The Labute approximate surface area is 164 Å². The van der Waals surface area contributed by atoms with Crippen LogP contribution in [0.3, 0.4) is 0 Å². The molecule has 0 amide bonds. The van der Waals surface area contributed by atoms with Crippen LogP contribution in [0.1, 0.15) is 25.7 Å². The van der Waals surface area contributed by atoms with Gasteiger partial charge in [-0.3, -0.25) is 9.59 Å². The van der Waals surface area contributed by atoms with Gasteiger partial charge in [-0.05, 0) is 49.2 Å². The molecule has 2 saturated heterocycles. The predicted molar refractivity (Wildman–Crippen MR) is 96.6 cm³/mol. The zero-order valence-corrected chi connectivity index (χ0v) is 15.9. The summed E-state index contributed by atoms with van der Waals surface area (Å²) in [5.74, 6) is -1.70. The first-order chi connectivity index (χ1) is 13.0. The molecule has 2 aliphatic rings. The van der Waals surface area contributed by atoms with Crippen LogP contribution in [0.25, 0.3) is 0 Å². The minimum Gasteiger partial charge on any atom is -0.394 e. The van der Waals surface area contributed by atoms with Crippen LogP contribution in [0.5, 0.6) is 0 Å². The monoisotopic (exact) mass is 419 g/mol. The molecular formula is C17H19ClFNO6S. The van der Waals surface area contributed by atoms with Crippen molar-refractivity contribution >= 4 is 41.0 Å². The topological polar surface area (TPSA) is 83.1 Å². The summed E-state index contributed by atoms with van der Waals surface area (Å²) in [6, 6.07) is 3.85. The van der Waals surface area contributed by atoms with E-state index in [1.54, 1.807) is 0 Å². The van der Waals surface area contributed by atoms with E-state index in [9.17, 15) is 14.0 Å². The number of nitrogens with one attached hydrogen (secondary N) is 1. The van der Waals surface area contributed by atoms with Gasteiger partial charge in [-0.2, -0.15) is 0 Å². The third-order valence-corrected chi connectivity index (χ3v) is 5.13.